The molecular formula is C23H31N3O2S. The van der Waals surface area contributed by atoms with Crippen LogP contribution in [0.3, 0.4) is 0 Å². The lowest BCUT2D eigenvalue weighted by Gasteiger charge is -2.22. The van der Waals surface area contributed by atoms with Crippen molar-refractivity contribution in [3.05, 3.63) is 41.5 Å². The summed E-state index contributed by atoms with van der Waals surface area (Å²) in [5.74, 6) is 7.29. The summed E-state index contributed by atoms with van der Waals surface area (Å²) in [5, 5.41) is 20.0. The number of benzene rings is 2. The van der Waals surface area contributed by atoms with Gasteiger partial charge in [-0.25, -0.2) is 0 Å². The number of phenols is 1. The molecule has 3 aromatic rings. The van der Waals surface area contributed by atoms with E-state index in [9.17, 15) is 5.11 Å². The van der Waals surface area contributed by atoms with Crippen molar-refractivity contribution >= 4 is 27.4 Å². The molecule has 1 unspecified atom stereocenters. The molecule has 5 nitrogen and oxygen atoms in total. The Bertz CT molecular complexity index is 1030. The quantitative estimate of drug-likeness (QED) is 0.539. The predicted molar refractivity (Wildman–Crippen MR) is 124 cm³/mol. The number of aryl methyl sites for hydroxylation is 1. The normalized spacial score (nSPS) is 13.0. The van der Waals surface area contributed by atoms with Crippen molar-refractivity contribution in [3.8, 4) is 17.2 Å². The van der Waals surface area contributed by atoms with Crippen molar-refractivity contribution in [2.45, 2.75) is 46.5 Å². The number of hydrogen-bond acceptors (Lipinski definition) is 4. The molecule has 0 saturated heterocycles. The molecule has 0 spiro atoms. The first kappa shape index (κ1) is 21.4. The second-order valence-corrected chi connectivity index (χ2v) is 10.5. The fourth-order valence-electron chi connectivity index (χ4n) is 3.24. The van der Waals surface area contributed by atoms with Crippen LogP contribution in [0, 0.1) is 6.92 Å². The summed E-state index contributed by atoms with van der Waals surface area (Å²) < 4.78 is 5.89. The molecule has 0 aliphatic carbocycles. The molecule has 6 heteroatoms. The van der Waals surface area contributed by atoms with Gasteiger partial charge in [0.15, 0.2) is 0 Å². The number of aromatic hydroxyl groups is 1. The lowest BCUT2D eigenvalue weighted by Crippen LogP contribution is -2.13. The number of rotatable bonds is 7. The Morgan fingerprint density at radius 1 is 1.10 bits per heavy atom. The SMILES string of the molecule is C=S(CCC)CCOc1ccc2nn(-c3cc(C)cc(C(C)(C)C)c3O)nc2c1. The van der Waals surface area contributed by atoms with Crippen LogP contribution in [0.4, 0.5) is 0 Å². The number of hydrogen-bond donors (Lipinski definition) is 1. The van der Waals surface area contributed by atoms with Crippen molar-refractivity contribution in [1.29, 1.82) is 0 Å². The van der Waals surface area contributed by atoms with Crippen LogP contribution in [0.25, 0.3) is 16.7 Å². The summed E-state index contributed by atoms with van der Waals surface area (Å²) in [6, 6.07) is 9.64. The van der Waals surface area contributed by atoms with Crippen LogP contribution in [0.1, 0.15) is 45.2 Å². The molecule has 0 saturated carbocycles. The zero-order chi connectivity index (χ0) is 21.2. The summed E-state index contributed by atoms with van der Waals surface area (Å²) in [5.41, 5.74) is 3.86. The smallest absolute Gasteiger partial charge is 0.146 e. The fraction of sp³-hybridized carbons (Fsp3) is 0.435. The number of ether oxygens (including phenoxy) is 1. The van der Waals surface area contributed by atoms with Gasteiger partial charge >= 0.3 is 0 Å². The van der Waals surface area contributed by atoms with Crippen LogP contribution in [-0.4, -0.2) is 44.1 Å². The van der Waals surface area contributed by atoms with E-state index in [-0.39, 0.29) is 21.6 Å². The van der Waals surface area contributed by atoms with Gasteiger partial charge in [-0.3, -0.25) is 0 Å². The highest BCUT2D eigenvalue weighted by atomic mass is 32.2. The molecule has 1 heterocycles. The topological polar surface area (TPSA) is 60.2 Å². The third-order valence-corrected chi connectivity index (χ3v) is 6.47. The second kappa shape index (κ2) is 8.57. The Morgan fingerprint density at radius 2 is 1.83 bits per heavy atom. The minimum atomic E-state index is -0.178. The molecule has 0 fully saturated rings. The van der Waals surface area contributed by atoms with E-state index >= 15 is 0 Å². The molecular weight excluding hydrogens is 382 g/mol. The maximum atomic E-state index is 10.9. The number of aromatic nitrogens is 3. The molecule has 156 valence electrons. The minimum absolute atomic E-state index is 0.159. The summed E-state index contributed by atoms with van der Waals surface area (Å²) >= 11 is 0. The molecule has 29 heavy (non-hydrogen) atoms. The molecule has 1 N–H and O–H groups in total. The van der Waals surface area contributed by atoms with E-state index in [0.29, 0.717) is 12.3 Å². The average Bonchev–Trinajstić information content (AvgIpc) is 3.05. The Hall–Kier alpha value is -2.34. The van der Waals surface area contributed by atoms with E-state index in [1.54, 1.807) is 0 Å². The lowest BCUT2D eigenvalue weighted by molar-refractivity contribution is 0.344. The van der Waals surface area contributed by atoms with Crippen LogP contribution in [0.5, 0.6) is 11.5 Å². The monoisotopic (exact) mass is 413 g/mol. The second-order valence-electron chi connectivity index (χ2n) is 8.44. The molecule has 3 rings (SSSR count). The number of fused-ring (bicyclic) bond motifs is 1. The van der Waals surface area contributed by atoms with Crippen molar-refractivity contribution in [2.24, 2.45) is 0 Å². The fourth-order valence-corrected chi connectivity index (χ4v) is 4.34. The van der Waals surface area contributed by atoms with Gasteiger partial charge < -0.3 is 9.84 Å². The van der Waals surface area contributed by atoms with Gasteiger partial charge in [-0.05, 0) is 48.3 Å². The van der Waals surface area contributed by atoms with Gasteiger partial charge in [-0.15, -0.1) is 15.0 Å². The lowest BCUT2D eigenvalue weighted by atomic mass is 9.85. The van der Waals surface area contributed by atoms with Crippen LogP contribution in [-0.2, 0) is 5.41 Å². The number of phenolic OH excluding ortho intramolecular Hbond substituents is 1. The first-order chi connectivity index (χ1) is 13.7. The van der Waals surface area contributed by atoms with Gasteiger partial charge in [0.2, 0.25) is 0 Å². The van der Waals surface area contributed by atoms with Crippen molar-refractivity contribution in [1.82, 2.24) is 15.0 Å². The van der Waals surface area contributed by atoms with E-state index in [1.807, 2.05) is 37.3 Å². The van der Waals surface area contributed by atoms with Crippen molar-refractivity contribution in [3.63, 3.8) is 0 Å². The molecule has 0 aliphatic rings. The van der Waals surface area contributed by atoms with Crippen LogP contribution in [0.2, 0.25) is 0 Å². The first-order valence-electron chi connectivity index (χ1n) is 10.0. The van der Waals surface area contributed by atoms with Gasteiger partial charge in [0.05, 0.1) is 6.61 Å². The van der Waals surface area contributed by atoms with Crippen molar-refractivity contribution < 1.29 is 9.84 Å². The molecule has 0 amide bonds. The van der Waals surface area contributed by atoms with Crippen molar-refractivity contribution in [2.75, 3.05) is 18.1 Å². The highest BCUT2D eigenvalue weighted by Crippen LogP contribution is 2.36. The maximum Gasteiger partial charge on any atom is 0.146 e. The summed E-state index contributed by atoms with van der Waals surface area (Å²) in [6.07, 6.45) is 1.16. The highest BCUT2D eigenvalue weighted by molar-refractivity contribution is 8.14. The average molecular weight is 414 g/mol. The van der Waals surface area contributed by atoms with Gasteiger partial charge in [0.1, 0.15) is 28.2 Å². The Kier molecular flexibility index (Phi) is 6.32. The number of nitrogens with zero attached hydrogens (tertiary/aromatic N) is 3. The van der Waals surface area contributed by atoms with E-state index in [1.165, 1.54) is 4.80 Å². The predicted octanol–water partition coefficient (Wildman–Crippen LogP) is 5.22. The summed E-state index contributed by atoms with van der Waals surface area (Å²) in [7, 11) is 0.159. The summed E-state index contributed by atoms with van der Waals surface area (Å²) in [6.45, 7) is 11.1. The zero-order valence-electron chi connectivity index (χ0n) is 18.0. The highest BCUT2D eigenvalue weighted by Gasteiger charge is 2.22. The van der Waals surface area contributed by atoms with Gasteiger partial charge in [-0.2, -0.15) is 10.5 Å². The van der Waals surface area contributed by atoms with Crippen LogP contribution >= 0.6 is 10.5 Å². The molecule has 0 aliphatic heterocycles. The van der Waals surface area contributed by atoms with Crippen LogP contribution in [0.15, 0.2) is 30.3 Å². The van der Waals surface area contributed by atoms with E-state index in [2.05, 4.69) is 43.8 Å². The third-order valence-electron chi connectivity index (χ3n) is 4.74. The molecule has 1 aromatic heterocycles. The third kappa shape index (κ3) is 4.99. The zero-order valence-corrected chi connectivity index (χ0v) is 18.8. The maximum absolute atomic E-state index is 10.9. The van der Waals surface area contributed by atoms with Crippen LogP contribution < -0.4 is 4.74 Å². The van der Waals surface area contributed by atoms with Gasteiger partial charge in [-0.1, -0.05) is 39.6 Å². The standard InChI is InChI=1S/C23H31N3O2S/c1-7-11-29(6)12-10-28-17-8-9-19-20(15-17)25-26(24-19)21-14-16(2)13-18(22(21)27)23(3,4)5/h8-9,13-15,27H,6-7,10-12H2,1-5H3. The van der Waals surface area contributed by atoms with E-state index in [0.717, 1.165) is 45.8 Å². The first-order valence-corrected chi connectivity index (χ1v) is 11.7. The summed E-state index contributed by atoms with van der Waals surface area (Å²) in [4.78, 5) is 1.51. The molecule has 2 aromatic carbocycles. The molecule has 0 bridgehead atoms. The largest absolute Gasteiger partial charge is 0.505 e. The Labute approximate surface area is 175 Å². The van der Waals surface area contributed by atoms with Gasteiger partial charge in [0.25, 0.3) is 0 Å². The van der Waals surface area contributed by atoms with E-state index in [4.69, 9.17) is 4.74 Å². The molecule has 1 atom stereocenters. The Balaban J connectivity index is 1.87. The Morgan fingerprint density at radius 3 is 2.52 bits per heavy atom. The minimum Gasteiger partial charge on any atom is -0.505 e. The van der Waals surface area contributed by atoms with Gasteiger partial charge in [0, 0.05) is 17.4 Å². The van der Waals surface area contributed by atoms with E-state index < -0.39 is 0 Å². The molecule has 0 radical (unpaired) electrons.